The molecule has 3 aromatic rings. The van der Waals surface area contributed by atoms with Crippen LogP contribution in [0, 0.1) is 0 Å². The number of nitrogens with one attached hydrogen (secondary N) is 2. The highest BCUT2D eigenvalue weighted by molar-refractivity contribution is 7.13. The number of thiazole rings is 1. The molecule has 0 saturated carbocycles. The Hall–Kier alpha value is -3.17. The molecule has 2 N–H and O–H groups in total. The molecule has 0 aliphatic rings. The third kappa shape index (κ3) is 5.16. The van der Waals surface area contributed by atoms with Crippen LogP contribution in [-0.4, -0.2) is 37.3 Å². The molecule has 0 aliphatic heterocycles. The quantitative estimate of drug-likeness (QED) is 0.597. The van der Waals surface area contributed by atoms with Crippen LogP contribution in [-0.2, 0) is 9.47 Å². The molecule has 1 aromatic carbocycles. The topological polar surface area (TPSA) is 103 Å². The average molecular weight is 387 g/mol. The molecule has 2 amide bonds. The predicted octanol–water partition coefficient (Wildman–Crippen LogP) is 3.85. The van der Waals surface area contributed by atoms with Crippen LogP contribution in [0.1, 0.15) is 10.5 Å². The lowest BCUT2D eigenvalue weighted by atomic mass is 10.2. The van der Waals surface area contributed by atoms with Gasteiger partial charge in [0.05, 0.1) is 12.9 Å². The summed E-state index contributed by atoms with van der Waals surface area (Å²) >= 11 is 1.32. The van der Waals surface area contributed by atoms with E-state index in [9.17, 15) is 9.59 Å². The maximum Gasteiger partial charge on any atom is 0.411 e. The van der Waals surface area contributed by atoms with Crippen molar-refractivity contribution in [2.45, 2.75) is 0 Å². The monoisotopic (exact) mass is 387 g/mol. The van der Waals surface area contributed by atoms with Gasteiger partial charge in [0.25, 0.3) is 5.91 Å². The number of carbonyl (C=O) groups is 2. The Balaban J connectivity index is 1.60. The summed E-state index contributed by atoms with van der Waals surface area (Å²) in [6.45, 7) is 0.470. The van der Waals surface area contributed by atoms with Gasteiger partial charge in [-0.2, -0.15) is 0 Å². The first-order chi connectivity index (χ1) is 13.2. The molecule has 0 saturated heterocycles. The molecule has 140 valence electrons. The number of anilines is 2. The molecule has 2 heterocycles. The SMILES string of the molecule is COCCOC(=O)Nc1cccc(NC(=O)c2csc(-c3ccco3)n2)c1. The molecule has 3 rings (SSSR count). The summed E-state index contributed by atoms with van der Waals surface area (Å²) in [4.78, 5) is 28.3. The summed E-state index contributed by atoms with van der Waals surface area (Å²) in [7, 11) is 1.52. The molecule has 0 aliphatic carbocycles. The second kappa shape index (κ2) is 8.97. The molecule has 0 atom stereocenters. The smallest absolute Gasteiger partial charge is 0.411 e. The number of aromatic nitrogens is 1. The number of methoxy groups -OCH3 is 1. The van der Waals surface area contributed by atoms with Crippen LogP contribution in [0.3, 0.4) is 0 Å². The molecule has 8 nitrogen and oxygen atoms in total. The predicted molar refractivity (Wildman–Crippen MR) is 101 cm³/mol. The van der Waals surface area contributed by atoms with E-state index in [1.165, 1.54) is 18.4 Å². The van der Waals surface area contributed by atoms with E-state index in [-0.39, 0.29) is 18.2 Å². The van der Waals surface area contributed by atoms with Crippen LogP contribution in [0.15, 0.2) is 52.5 Å². The van der Waals surface area contributed by atoms with Crippen molar-refractivity contribution in [1.29, 1.82) is 0 Å². The lowest BCUT2D eigenvalue weighted by molar-refractivity contribution is 0.102. The van der Waals surface area contributed by atoms with Crippen LogP contribution in [0.2, 0.25) is 0 Å². The first-order valence-corrected chi connectivity index (χ1v) is 8.87. The second-order valence-corrected chi connectivity index (χ2v) is 6.16. The number of carbonyl (C=O) groups excluding carboxylic acids is 2. The van der Waals surface area contributed by atoms with Crippen molar-refractivity contribution in [3.05, 3.63) is 53.7 Å². The van der Waals surface area contributed by atoms with Crippen LogP contribution in [0.25, 0.3) is 10.8 Å². The zero-order chi connectivity index (χ0) is 19.1. The molecule has 0 unspecified atom stereocenters. The lowest BCUT2D eigenvalue weighted by Gasteiger charge is -2.08. The van der Waals surface area contributed by atoms with Crippen LogP contribution < -0.4 is 10.6 Å². The highest BCUT2D eigenvalue weighted by Gasteiger charge is 2.14. The van der Waals surface area contributed by atoms with Gasteiger partial charge in [-0.05, 0) is 30.3 Å². The molecule has 0 bridgehead atoms. The van der Waals surface area contributed by atoms with Crippen molar-refractivity contribution in [2.75, 3.05) is 31.0 Å². The van der Waals surface area contributed by atoms with Crippen molar-refractivity contribution < 1.29 is 23.5 Å². The summed E-state index contributed by atoms with van der Waals surface area (Å²) < 4.78 is 15.0. The number of rotatable bonds is 7. The molecule has 0 radical (unpaired) electrons. The number of hydrogen-bond donors (Lipinski definition) is 2. The van der Waals surface area contributed by atoms with Gasteiger partial charge in [-0.1, -0.05) is 6.07 Å². The Morgan fingerprint density at radius 2 is 1.96 bits per heavy atom. The second-order valence-electron chi connectivity index (χ2n) is 5.30. The minimum absolute atomic E-state index is 0.153. The van der Waals surface area contributed by atoms with Gasteiger partial charge in [-0.25, -0.2) is 9.78 Å². The van der Waals surface area contributed by atoms with E-state index in [1.54, 1.807) is 48.0 Å². The largest absolute Gasteiger partial charge is 0.462 e. The van der Waals surface area contributed by atoms with Crippen LogP contribution >= 0.6 is 11.3 Å². The van der Waals surface area contributed by atoms with Crippen molar-refractivity contribution in [3.8, 4) is 10.8 Å². The lowest BCUT2D eigenvalue weighted by Crippen LogP contribution is -2.17. The van der Waals surface area contributed by atoms with E-state index in [0.29, 0.717) is 28.7 Å². The fraction of sp³-hybridized carbons (Fsp3) is 0.167. The molecule has 0 spiro atoms. The Morgan fingerprint density at radius 1 is 1.15 bits per heavy atom. The highest BCUT2D eigenvalue weighted by Crippen LogP contribution is 2.24. The van der Waals surface area contributed by atoms with Gasteiger partial charge in [-0.3, -0.25) is 10.1 Å². The Kier molecular flexibility index (Phi) is 6.18. The standard InChI is InChI=1S/C18H17N3O5S/c1-24-8-9-26-18(23)20-13-5-2-4-12(10-13)19-16(22)14-11-27-17(21-14)15-6-3-7-25-15/h2-7,10-11H,8-9H2,1H3,(H,19,22)(H,20,23). The molecular formula is C18H17N3O5S. The van der Waals surface area contributed by atoms with E-state index in [2.05, 4.69) is 15.6 Å². The third-order valence-electron chi connectivity index (χ3n) is 3.36. The van der Waals surface area contributed by atoms with Crippen molar-refractivity contribution in [1.82, 2.24) is 4.98 Å². The van der Waals surface area contributed by atoms with E-state index in [1.807, 2.05) is 0 Å². The average Bonchev–Trinajstić information content (AvgIpc) is 3.34. The van der Waals surface area contributed by atoms with E-state index >= 15 is 0 Å². The molecule has 0 fully saturated rings. The number of ether oxygens (including phenoxy) is 2. The summed E-state index contributed by atoms with van der Waals surface area (Å²) in [6.07, 6.45) is 0.952. The van der Waals surface area contributed by atoms with Crippen LogP contribution in [0.5, 0.6) is 0 Å². The molecule has 9 heteroatoms. The zero-order valence-electron chi connectivity index (χ0n) is 14.4. The van der Waals surface area contributed by atoms with Gasteiger partial charge in [0.15, 0.2) is 10.8 Å². The fourth-order valence-electron chi connectivity index (χ4n) is 2.13. The summed E-state index contributed by atoms with van der Waals surface area (Å²) in [5.74, 6) is 0.251. The number of furan rings is 1. The van der Waals surface area contributed by atoms with Gasteiger partial charge in [0.2, 0.25) is 0 Å². The molecular weight excluding hydrogens is 370 g/mol. The highest BCUT2D eigenvalue weighted by atomic mass is 32.1. The van der Waals surface area contributed by atoms with E-state index in [4.69, 9.17) is 13.9 Å². The summed E-state index contributed by atoms with van der Waals surface area (Å²) in [6, 6.07) is 10.3. The first-order valence-electron chi connectivity index (χ1n) is 7.99. The van der Waals surface area contributed by atoms with Crippen LogP contribution in [0.4, 0.5) is 16.2 Å². The van der Waals surface area contributed by atoms with E-state index in [0.717, 1.165) is 0 Å². The minimum Gasteiger partial charge on any atom is -0.462 e. The number of benzene rings is 1. The van der Waals surface area contributed by atoms with Crippen molar-refractivity contribution >= 4 is 34.7 Å². The molecule has 27 heavy (non-hydrogen) atoms. The van der Waals surface area contributed by atoms with Gasteiger partial charge >= 0.3 is 6.09 Å². The summed E-state index contributed by atoms with van der Waals surface area (Å²) in [5.41, 5.74) is 1.29. The molecule has 2 aromatic heterocycles. The Morgan fingerprint density at radius 3 is 2.70 bits per heavy atom. The van der Waals surface area contributed by atoms with Crippen molar-refractivity contribution in [2.24, 2.45) is 0 Å². The van der Waals surface area contributed by atoms with Gasteiger partial charge in [-0.15, -0.1) is 11.3 Å². The number of amides is 2. The van der Waals surface area contributed by atoms with Gasteiger partial charge in [0.1, 0.15) is 12.3 Å². The normalized spacial score (nSPS) is 10.4. The Labute approximate surface area is 159 Å². The number of hydrogen-bond acceptors (Lipinski definition) is 7. The van der Waals surface area contributed by atoms with Gasteiger partial charge < -0.3 is 19.2 Å². The third-order valence-corrected chi connectivity index (χ3v) is 4.21. The number of nitrogens with zero attached hydrogens (tertiary/aromatic N) is 1. The maximum absolute atomic E-state index is 12.4. The van der Waals surface area contributed by atoms with Gasteiger partial charge in [0, 0.05) is 23.9 Å². The van der Waals surface area contributed by atoms with E-state index < -0.39 is 6.09 Å². The van der Waals surface area contributed by atoms with Crippen molar-refractivity contribution in [3.63, 3.8) is 0 Å². The zero-order valence-corrected chi connectivity index (χ0v) is 15.2. The summed E-state index contributed by atoms with van der Waals surface area (Å²) in [5, 5.41) is 7.61. The first kappa shape index (κ1) is 18.6. The minimum atomic E-state index is -0.599. The fourth-order valence-corrected chi connectivity index (χ4v) is 2.90. The maximum atomic E-state index is 12.4. The Bertz CT molecular complexity index is 907.